The Labute approximate surface area is 181 Å². The molecule has 1 fully saturated rings. The highest BCUT2D eigenvalue weighted by molar-refractivity contribution is 5.81. The van der Waals surface area contributed by atoms with Crippen LogP contribution in [0.1, 0.15) is 12.0 Å². The van der Waals surface area contributed by atoms with Gasteiger partial charge in [-0.05, 0) is 41.8 Å². The van der Waals surface area contributed by atoms with Crippen LogP contribution in [0.2, 0.25) is 0 Å². The lowest BCUT2D eigenvalue weighted by molar-refractivity contribution is -0.132. The second-order valence-corrected chi connectivity index (χ2v) is 7.75. The summed E-state index contributed by atoms with van der Waals surface area (Å²) in [7, 11) is 1.77. The van der Waals surface area contributed by atoms with Crippen molar-refractivity contribution in [2.75, 3.05) is 31.6 Å². The second-order valence-electron chi connectivity index (χ2n) is 7.75. The molecular formula is C23H26N4O4. The first-order chi connectivity index (χ1) is 15.0. The number of anilines is 1. The predicted octanol–water partition coefficient (Wildman–Crippen LogP) is 1.39. The molecule has 0 saturated carbocycles. The molecule has 3 atom stereocenters. The van der Waals surface area contributed by atoms with Gasteiger partial charge in [-0.25, -0.2) is 0 Å². The minimum absolute atomic E-state index is 0.260. The lowest BCUT2D eigenvalue weighted by Gasteiger charge is -2.18. The zero-order chi connectivity index (χ0) is 21.8. The Morgan fingerprint density at radius 1 is 1.32 bits per heavy atom. The number of benzene rings is 2. The van der Waals surface area contributed by atoms with Crippen LogP contribution in [0.3, 0.4) is 0 Å². The van der Waals surface area contributed by atoms with E-state index >= 15 is 0 Å². The van der Waals surface area contributed by atoms with Gasteiger partial charge in [-0.2, -0.15) is 5.26 Å². The number of carbonyl (C=O) groups excluding carboxylic acids is 1. The minimum Gasteiger partial charge on any atom is -0.445 e. The van der Waals surface area contributed by atoms with Gasteiger partial charge in [-0.3, -0.25) is 4.79 Å². The smallest absolute Gasteiger partial charge is 0.281 e. The van der Waals surface area contributed by atoms with Gasteiger partial charge < -0.3 is 30.1 Å². The van der Waals surface area contributed by atoms with Gasteiger partial charge in [0.25, 0.3) is 12.3 Å². The van der Waals surface area contributed by atoms with E-state index in [2.05, 4.69) is 16.7 Å². The third-order valence-corrected chi connectivity index (χ3v) is 5.54. The lowest BCUT2D eigenvalue weighted by Crippen LogP contribution is -2.46. The van der Waals surface area contributed by atoms with Crippen molar-refractivity contribution in [2.24, 2.45) is 0 Å². The molecule has 0 spiro atoms. The number of hydrogen-bond donors (Lipinski definition) is 3. The average molecular weight is 422 g/mol. The number of hydrogen-bond acceptors (Lipinski definition) is 7. The predicted molar refractivity (Wildman–Crippen MR) is 115 cm³/mol. The summed E-state index contributed by atoms with van der Waals surface area (Å²) in [5, 5.41) is 25.3. The van der Waals surface area contributed by atoms with Gasteiger partial charge in [0.15, 0.2) is 0 Å². The molecule has 8 heteroatoms. The number of rotatable bonds is 5. The van der Waals surface area contributed by atoms with Crippen LogP contribution in [0.15, 0.2) is 42.5 Å². The van der Waals surface area contributed by atoms with Gasteiger partial charge in [0.1, 0.15) is 17.9 Å². The molecule has 4 rings (SSSR count). The lowest BCUT2D eigenvalue weighted by atomic mass is 10.00. The fourth-order valence-electron chi connectivity index (χ4n) is 3.73. The van der Waals surface area contributed by atoms with Crippen LogP contribution in [0.5, 0.6) is 5.75 Å². The number of aliphatic hydroxyl groups is 1. The van der Waals surface area contributed by atoms with E-state index < -0.39 is 18.6 Å². The number of carbonyl (C=O) groups is 1. The Hall–Kier alpha value is -3.12. The van der Waals surface area contributed by atoms with Crippen LogP contribution in [-0.2, 0) is 16.0 Å². The SMILES string of the molecule is CN1c2cc(-c3ccc(C[C@@H](C#N)NC(=O)C4CNCCCO4)cc3)ccc2OC1O. The van der Waals surface area contributed by atoms with Crippen molar-refractivity contribution in [1.82, 2.24) is 10.6 Å². The van der Waals surface area contributed by atoms with Crippen LogP contribution in [0, 0.1) is 11.3 Å². The highest BCUT2D eigenvalue weighted by Gasteiger charge is 2.26. The molecule has 2 heterocycles. The highest BCUT2D eigenvalue weighted by Crippen LogP contribution is 2.38. The number of nitrogens with zero attached hydrogens (tertiary/aromatic N) is 2. The molecule has 31 heavy (non-hydrogen) atoms. The van der Waals surface area contributed by atoms with Crippen molar-refractivity contribution >= 4 is 11.6 Å². The van der Waals surface area contributed by atoms with Crippen LogP contribution in [0.25, 0.3) is 11.1 Å². The van der Waals surface area contributed by atoms with Gasteiger partial charge in [0.2, 0.25) is 0 Å². The molecule has 0 radical (unpaired) electrons. The molecule has 0 aliphatic carbocycles. The number of nitrogens with one attached hydrogen (secondary N) is 2. The van der Waals surface area contributed by atoms with Gasteiger partial charge in [0.05, 0.1) is 11.8 Å². The molecule has 162 valence electrons. The third kappa shape index (κ3) is 4.80. The van der Waals surface area contributed by atoms with E-state index in [1.165, 1.54) is 0 Å². The Kier molecular flexibility index (Phi) is 6.37. The Morgan fingerprint density at radius 2 is 2.10 bits per heavy atom. The number of amides is 1. The van der Waals surface area contributed by atoms with Crippen molar-refractivity contribution < 1.29 is 19.4 Å². The van der Waals surface area contributed by atoms with Crippen LogP contribution in [-0.4, -0.2) is 56.3 Å². The topological polar surface area (TPSA) is 107 Å². The molecule has 2 unspecified atom stereocenters. The normalized spacial score (nSPS) is 21.4. The maximum Gasteiger partial charge on any atom is 0.281 e. The largest absolute Gasteiger partial charge is 0.445 e. The summed E-state index contributed by atoms with van der Waals surface area (Å²) in [5.41, 5.74) is 3.79. The van der Waals surface area contributed by atoms with E-state index in [1.54, 1.807) is 11.9 Å². The summed E-state index contributed by atoms with van der Waals surface area (Å²) < 4.78 is 10.9. The molecule has 0 aromatic heterocycles. The zero-order valence-electron chi connectivity index (χ0n) is 17.4. The first kappa shape index (κ1) is 21.1. The number of fused-ring (bicyclic) bond motifs is 1. The molecule has 2 aromatic carbocycles. The number of aliphatic hydroxyl groups excluding tert-OH is 1. The van der Waals surface area contributed by atoms with E-state index in [0.29, 0.717) is 25.3 Å². The Balaban J connectivity index is 1.40. The van der Waals surface area contributed by atoms with E-state index in [9.17, 15) is 15.2 Å². The van der Waals surface area contributed by atoms with E-state index in [-0.39, 0.29) is 5.91 Å². The average Bonchev–Trinajstić information content (AvgIpc) is 2.96. The van der Waals surface area contributed by atoms with Gasteiger partial charge in [-0.1, -0.05) is 30.3 Å². The standard InChI is InChI=1S/C23H26N4O4/c1-27-19-12-17(7-8-20(19)31-23(27)29)16-5-3-15(4-6-16)11-18(13-24)26-22(28)21-14-25-9-2-10-30-21/h3-8,12,18,21,23,25,29H,2,9-11,14H2,1H3,(H,26,28)/t18-,21?,23?/m0/s1. The minimum atomic E-state index is -0.968. The van der Waals surface area contributed by atoms with E-state index in [0.717, 1.165) is 35.3 Å². The quantitative estimate of drug-likeness (QED) is 0.668. The number of ether oxygens (including phenoxy) is 2. The fourth-order valence-corrected chi connectivity index (χ4v) is 3.73. The van der Waals surface area contributed by atoms with Crippen LogP contribution in [0.4, 0.5) is 5.69 Å². The van der Waals surface area contributed by atoms with Crippen molar-refractivity contribution in [3.8, 4) is 22.9 Å². The molecule has 8 nitrogen and oxygen atoms in total. The summed E-state index contributed by atoms with van der Waals surface area (Å²) in [5.74, 6) is 0.389. The maximum absolute atomic E-state index is 12.4. The van der Waals surface area contributed by atoms with Gasteiger partial charge >= 0.3 is 0 Å². The van der Waals surface area contributed by atoms with Crippen molar-refractivity contribution in [3.63, 3.8) is 0 Å². The first-order valence-electron chi connectivity index (χ1n) is 10.4. The van der Waals surface area contributed by atoms with Crippen LogP contribution < -0.4 is 20.3 Å². The fraction of sp³-hybridized carbons (Fsp3) is 0.391. The van der Waals surface area contributed by atoms with E-state index in [1.807, 2.05) is 42.5 Å². The monoisotopic (exact) mass is 422 g/mol. The molecule has 3 N–H and O–H groups in total. The van der Waals surface area contributed by atoms with Crippen LogP contribution >= 0.6 is 0 Å². The van der Waals surface area contributed by atoms with Gasteiger partial charge in [-0.15, -0.1) is 0 Å². The van der Waals surface area contributed by atoms with Crippen molar-refractivity contribution in [2.45, 2.75) is 31.4 Å². The summed E-state index contributed by atoms with van der Waals surface area (Å²) >= 11 is 0. The maximum atomic E-state index is 12.4. The molecule has 2 aliphatic heterocycles. The van der Waals surface area contributed by atoms with Gasteiger partial charge in [0, 0.05) is 26.6 Å². The Bertz CT molecular complexity index is 965. The highest BCUT2D eigenvalue weighted by atomic mass is 16.6. The van der Waals surface area contributed by atoms with Crippen molar-refractivity contribution in [3.05, 3.63) is 48.0 Å². The summed E-state index contributed by atoms with van der Waals surface area (Å²) in [6, 6.07) is 15.2. The summed E-state index contributed by atoms with van der Waals surface area (Å²) in [6.45, 7) is 1.82. The summed E-state index contributed by atoms with van der Waals surface area (Å²) in [4.78, 5) is 14.1. The van der Waals surface area contributed by atoms with Crippen molar-refractivity contribution in [1.29, 1.82) is 5.26 Å². The molecule has 2 aromatic rings. The Morgan fingerprint density at radius 3 is 2.87 bits per heavy atom. The summed E-state index contributed by atoms with van der Waals surface area (Å²) in [6.07, 6.45) is -0.257. The molecule has 1 saturated heterocycles. The zero-order valence-corrected chi connectivity index (χ0v) is 17.4. The second kappa shape index (κ2) is 9.35. The molecule has 2 aliphatic rings. The molecule has 0 bridgehead atoms. The third-order valence-electron chi connectivity index (χ3n) is 5.54. The molecular weight excluding hydrogens is 396 g/mol. The first-order valence-corrected chi connectivity index (χ1v) is 10.4. The number of nitriles is 1. The molecule has 1 amide bonds. The van der Waals surface area contributed by atoms with E-state index in [4.69, 9.17) is 9.47 Å².